The molecule has 1 saturated heterocycles. The maximum atomic E-state index is 14.1. The number of nitrogens with one attached hydrogen (secondary N) is 3. The van der Waals surface area contributed by atoms with Gasteiger partial charge in [0.15, 0.2) is 0 Å². The van der Waals surface area contributed by atoms with Crippen LogP contribution in [-0.2, 0) is 28.7 Å². The number of aliphatic hydroxyl groups excluding tert-OH is 1. The van der Waals surface area contributed by atoms with Crippen LogP contribution < -0.4 is 16.0 Å². The molecule has 9 atom stereocenters. The average molecular weight is 690 g/mol. The van der Waals surface area contributed by atoms with E-state index in [1.54, 1.807) is 47.1 Å². The van der Waals surface area contributed by atoms with Crippen LogP contribution in [0.15, 0.2) is 30.3 Å². The molecule has 0 bridgehead atoms. The van der Waals surface area contributed by atoms with Gasteiger partial charge in [0.2, 0.25) is 23.6 Å². The van der Waals surface area contributed by atoms with Gasteiger partial charge in [0.25, 0.3) is 0 Å². The van der Waals surface area contributed by atoms with Crippen molar-refractivity contribution in [2.24, 2.45) is 17.8 Å². The summed E-state index contributed by atoms with van der Waals surface area (Å²) in [4.78, 5) is 57.0. The van der Waals surface area contributed by atoms with Crippen molar-refractivity contribution in [3.05, 3.63) is 35.9 Å². The molecule has 0 radical (unpaired) electrons. The SMILES string of the molecule is CCC(C)C(C(CC(=O)N1CCCCC1C(OC)C(C)C(=O)N[C@H](C)C(O)c1ccccc1)OC)N(C)C(=O)CNC(=O)C(NC)C(C)C. The largest absolute Gasteiger partial charge is 0.386 e. The predicted molar refractivity (Wildman–Crippen MR) is 190 cm³/mol. The number of benzene rings is 1. The molecule has 0 saturated carbocycles. The molecule has 4 amide bonds. The van der Waals surface area contributed by atoms with Gasteiger partial charge < -0.3 is 40.3 Å². The lowest BCUT2D eigenvalue weighted by Crippen LogP contribution is -2.57. The Morgan fingerprint density at radius 2 is 1.65 bits per heavy atom. The summed E-state index contributed by atoms with van der Waals surface area (Å²) in [6, 6.07) is 7.48. The molecule has 1 aromatic carbocycles. The van der Waals surface area contributed by atoms with E-state index in [9.17, 15) is 24.3 Å². The van der Waals surface area contributed by atoms with Crippen molar-refractivity contribution < 1.29 is 33.8 Å². The van der Waals surface area contributed by atoms with E-state index < -0.39 is 42.4 Å². The number of nitrogens with zero attached hydrogens (tertiary/aromatic N) is 2. The second kappa shape index (κ2) is 20.6. The summed E-state index contributed by atoms with van der Waals surface area (Å²) in [5.74, 6) is -1.45. The Bertz CT molecular complexity index is 1180. The monoisotopic (exact) mass is 689 g/mol. The van der Waals surface area contributed by atoms with Crippen molar-refractivity contribution in [2.45, 2.75) is 116 Å². The van der Waals surface area contributed by atoms with Crippen LogP contribution in [0, 0.1) is 17.8 Å². The Morgan fingerprint density at radius 3 is 2.20 bits per heavy atom. The molecule has 0 spiro atoms. The molecule has 4 N–H and O–H groups in total. The number of hydrogen-bond acceptors (Lipinski definition) is 8. The zero-order valence-electron chi connectivity index (χ0n) is 31.4. The maximum absolute atomic E-state index is 14.1. The predicted octanol–water partition coefficient (Wildman–Crippen LogP) is 2.90. The molecule has 0 aromatic heterocycles. The molecule has 2 rings (SSSR count). The number of amides is 4. The number of hydrogen-bond donors (Lipinski definition) is 4. The summed E-state index contributed by atoms with van der Waals surface area (Å²) in [6.07, 6.45) is 1.14. The Hall–Kier alpha value is -3.06. The quantitative estimate of drug-likeness (QED) is 0.173. The van der Waals surface area contributed by atoms with E-state index in [0.717, 1.165) is 19.3 Å². The Labute approximate surface area is 294 Å². The van der Waals surface area contributed by atoms with Crippen molar-refractivity contribution in [3.63, 3.8) is 0 Å². The first-order valence-corrected chi connectivity index (χ1v) is 17.8. The molecule has 12 heteroatoms. The van der Waals surface area contributed by atoms with Gasteiger partial charge >= 0.3 is 0 Å². The van der Waals surface area contributed by atoms with Gasteiger partial charge in [0, 0.05) is 27.8 Å². The van der Waals surface area contributed by atoms with E-state index in [2.05, 4.69) is 16.0 Å². The topological polar surface area (TPSA) is 150 Å². The minimum absolute atomic E-state index is 0.00365. The van der Waals surface area contributed by atoms with E-state index in [4.69, 9.17) is 9.47 Å². The van der Waals surface area contributed by atoms with Gasteiger partial charge in [-0.3, -0.25) is 19.2 Å². The van der Waals surface area contributed by atoms with E-state index in [-0.39, 0.29) is 54.5 Å². The van der Waals surface area contributed by atoms with Crippen LogP contribution in [0.1, 0.15) is 85.3 Å². The second-order valence-corrected chi connectivity index (χ2v) is 13.9. The summed E-state index contributed by atoms with van der Waals surface area (Å²) >= 11 is 0. The number of carbonyl (C=O) groups excluding carboxylic acids is 4. The first-order chi connectivity index (χ1) is 23.2. The van der Waals surface area contributed by atoms with Crippen molar-refractivity contribution in [1.82, 2.24) is 25.8 Å². The lowest BCUT2D eigenvalue weighted by Gasteiger charge is -2.43. The number of piperidine rings is 1. The van der Waals surface area contributed by atoms with Crippen LogP contribution in [0.3, 0.4) is 0 Å². The number of carbonyl (C=O) groups is 4. The van der Waals surface area contributed by atoms with Gasteiger partial charge in [-0.1, -0.05) is 71.4 Å². The normalized spacial score (nSPS) is 19.9. The summed E-state index contributed by atoms with van der Waals surface area (Å²) in [7, 11) is 6.52. The van der Waals surface area contributed by atoms with Crippen LogP contribution in [0.5, 0.6) is 0 Å². The highest BCUT2D eigenvalue weighted by Crippen LogP contribution is 2.29. The third kappa shape index (κ3) is 11.5. The molecular formula is C37H63N5O7. The first kappa shape index (κ1) is 42.1. The van der Waals surface area contributed by atoms with E-state index >= 15 is 0 Å². The van der Waals surface area contributed by atoms with Crippen molar-refractivity contribution in [3.8, 4) is 0 Å². The molecule has 1 aromatic rings. The number of methoxy groups -OCH3 is 2. The zero-order chi connectivity index (χ0) is 36.8. The van der Waals surface area contributed by atoms with E-state index in [1.807, 2.05) is 62.9 Å². The number of rotatable bonds is 19. The highest BCUT2D eigenvalue weighted by molar-refractivity contribution is 5.87. The summed E-state index contributed by atoms with van der Waals surface area (Å²) in [6.45, 7) is 11.8. The van der Waals surface area contributed by atoms with Gasteiger partial charge in [-0.25, -0.2) is 0 Å². The minimum Gasteiger partial charge on any atom is -0.386 e. The number of likely N-dealkylation sites (tertiary alicyclic amines) is 1. The minimum atomic E-state index is -0.873. The van der Waals surface area contributed by atoms with Gasteiger partial charge in [-0.15, -0.1) is 0 Å². The first-order valence-electron chi connectivity index (χ1n) is 17.8. The second-order valence-electron chi connectivity index (χ2n) is 13.9. The maximum Gasteiger partial charge on any atom is 0.242 e. The Kier molecular flexibility index (Phi) is 17.7. The van der Waals surface area contributed by atoms with E-state index in [0.29, 0.717) is 18.5 Å². The number of ether oxygens (including phenoxy) is 2. The molecule has 1 heterocycles. The molecule has 12 nitrogen and oxygen atoms in total. The van der Waals surface area contributed by atoms with E-state index in [1.165, 1.54) is 0 Å². The van der Waals surface area contributed by atoms with Crippen molar-refractivity contribution >= 4 is 23.6 Å². The summed E-state index contributed by atoms with van der Waals surface area (Å²) < 4.78 is 11.9. The van der Waals surface area contributed by atoms with Crippen LogP contribution in [0.25, 0.3) is 0 Å². The van der Waals surface area contributed by atoms with Crippen LogP contribution >= 0.6 is 0 Å². The van der Waals surface area contributed by atoms with Gasteiger partial charge in [-0.2, -0.15) is 0 Å². The summed E-state index contributed by atoms with van der Waals surface area (Å²) in [5, 5.41) is 19.5. The summed E-state index contributed by atoms with van der Waals surface area (Å²) in [5.41, 5.74) is 0.712. The average Bonchev–Trinajstić information content (AvgIpc) is 3.10. The van der Waals surface area contributed by atoms with Crippen LogP contribution in [-0.4, -0.2) is 116 Å². The molecule has 0 aliphatic carbocycles. The van der Waals surface area contributed by atoms with Crippen LogP contribution in [0.2, 0.25) is 0 Å². The van der Waals surface area contributed by atoms with Crippen molar-refractivity contribution in [2.75, 3.05) is 41.4 Å². The lowest BCUT2D eigenvalue weighted by atomic mass is 9.87. The van der Waals surface area contributed by atoms with Crippen molar-refractivity contribution in [1.29, 1.82) is 0 Å². The zero-order valence-corrected chi connectivity index (χ0v) is 31.4. The fourth-order valence-corrected chi connectivity index (χ4v) is 7.03. The lowest BCUT2D eigenvalue weighted by molar-refractivity contribution is -0.149. The molecule has 49 heavy (non-hydrogen) atoms. The third-order valence-corrected chi connectivity index (χ3v) is 10.2. The van der Waals surface area contributed by atoms with Gasteiger partial charge in [0.1, 0.15) is 0 Å². The van der Waals surface area contributed by atoms with Crippen LogP contribution in [0.4, 0.5) is 0 Å². The molecule has 1 fully saturated rings. The number of likely N-dealkylation sites (N-methyl/N-ethyl adjacent to an activating group) is 2. The molecule has 1 aliphatic heterocycles. The number of aliphatic hydroxyl groups is 1. The molecular weight excluding hydrogens is 626 g/mol. The molecule has 278 valence electrons. The Balaban J connectivity index is 2.18. The van der Waals surface area contributed by atoms with Gasteiger partial charge in [0.05, 0.1) is 61.4 Å². The molecule has 1 aliphatic rings. The highest BCUT2D eigenvalue weighted by atomic mass is 16.5. The fraction of sp³-hybridized carbons (Fsp3) is 0.730. The fourth-order valence-electron chi connectivity index (χ4n) is 7.03. The highest BCUT2D eigenvalue weighted by Gasteiger charge is 2.41. The molecule has 8 unspecified atom stereocenters. The standard InChI is InChI=1S/C37H63N5O7/c1-11-24(4)33(41(8)31(44)22-39-37(47)32(38-7)23(2)3)29(48-9)21-30(43)42-20-16-15-19-28(42)35(49-10)25(5)36(46)40-26(6)34(45)27-17-13-12-14-18-27/h12-14,17-18,23-26,28-29,32-35,38,45H,11,15-16,19-22H2,1-10H3,(H,39,47)(H,40,46)/t24?,25?,26-,28?,29?,32?,33?,34?,35?/m1/s1. The smallest absolute Gasteiger partial charge is 0.242 e. The van der Waals surface area contributed by atoms with Gasteiger partial charge in [-0.05, 0) is 50.6 Å². The Morgan fingerprint density at radius 1 is 1.00 bits per heavy atom. The third-order valence-electron chi connectivity index (χ3n) is 10.2.